The predicted molar refractivity (Wildman–Crippen MR) is 64.1 cm³/mol. The van der Waals surface area contributed by atoms with Crippen molar-refractivity contribution in [2.75, 3.05) is 0 Å². The van der Waals surface area contributed by atoms with E-state index in [-0.39, 0.29) is 0 Å². The number of nitrogens with zero attached hydrogens (tertiary/aromatic N) is 2. The highest BCUT2D eigenvalue weighted by molar-refractivity contribution is 7.86. The predicted octanol–water partition coefficient (Wildman–Crippen LogP) is 3.03. The average molecular weight is 302 g/mol. The highest BCUT2D eigenvalue weighted by atomic mass is 32.2. The minimum Gasteiger partial charge on any atom is -0.279 e. The maximum absolute atomic E-state index is 10.7. The van der Waals surface area contributed by atoms with E-state index in [2.05, 4.69) is 18.9 Å². The third kappa shape index (κ3) is 7.16. The molecule has 1 N–H and O–H groups in total. The Morgan fingerprint density at radius 2 is 1.95 bits per heavy atom. The molecule has 0 aliphatic carbocycles. The van der Waals surface area contributed by atoms with Crippen molar-refractivity contribution in [3.05, 3.63) is 18.5 Å². The topological polar surface area (TPSA) is 72.2 Å². The Morgan fingerprint density at radius 3 is 2.26 bits per heavy atom. The second kappa shape index (κ2) is 7.49. The van der Waals surface area contributed by atoms with Crippen LogP contribution in [0, 0.1) is 0 Å². The van der Waals surface area contributed by atoms with Crippen molar-refractivity contribution in [2.24, 2.45) is 0 Å². The van der Waals surface area contributed by atoms with Crippen LogP contribution in [0.15, 0.2) is 18.5 Å². The van der Waals surface area contributed by atoms with Crippen molar-refractivity contribution in [2.45, 2.75) is 44.7 Å². The maximum atomic E-state index is 10.7. The zero-order valence-corrected chi connectivity index (χ0v) is 11.4. The summed E-state index contributed by atoms with van der Waals surface area (Å²) in [5, 5.41) is 4.19. The van der Waals surface area contributed by atoms with Crippen molar-refractivity contribution in [3.63, 3.8) is 0 Å². The Kier molecular flexibility index (Phi) is 7.06. The number of halogens is 3. The Balaban J connectivity index is 0.000000362. The van der Waals surface area contributed by atoms with E-state index < -0.39 is 15.6 Å². The van der Waals surface area contributed by atoms with Crippen LogP contribution in [-0.2, 0) is 10.1 Å². The molecule has 0 amide bonds. The first-order valence-corrected chi connectivity index (χ1v) is 7.06. The molecule has 1 rings (SSSR count). The van der Waals surface area contributed by atoms with Crippen LogP contribution in [0.2, 0.25) is 0 Å². The Morgan fingerprint density at radius 1 is 1.42 bits per heavy atom. The van der Waals surface area contributed by atoms with Crippen LogP contribution in [0.1, 0.15) is 39.2 Å². The minimum atomic E-state index is -5.84. The van der Waals surface area contributed by atoms with E-state index in [1.807, 2.05) is 23.1 Å². The summed E-state index contributed by atoms with van der Waals surface area (Å²) in [5.74, 6) is 0. The van der Waals surface area contributed by atoms with Crippen LogP contribution in [-0.4, -0.2) is 28.3 Å². The van der Waals surface area contributed by atoms with Crippen LogP contribution < -0.4 is 0 Å². The van der Waals surface area contributed by atoms with E-state index in [4.69, 9.17) is 13.0 Å². The van der Waals surface area contributed by atoms with Crippen molar-refractivity contribution < 1.29 is 26.1 Å². The molecule has 1 atom stereocenters. The Hall–Kier alpha value is -1.09. The molecule has 1 aromatic rings. The Labute approximate surface area is 110 Å². The van der Waals surface area contributed by atoms with Gasteiger partial charge in [0.2, 0.25) is 0 Å². The molecule has 0 saturated carbocycles. The number of hydrogen-bond acceptors (Lipinski definition) is 3. The average Bonchev–Trinajstić information content (AvgIpc) is 2.77. The molecule has 1 aromatic heterocycles. The van der Waals surface area contributed by atoms with Crippen LogP contribution in [0.3, 0.4) is 0 Å². The van der Waals surface area contributed by atoms with Crippen molar-refractivity contribution >= 4 is 10.1 Å². The fourth-order valence-corrected chi connectivity index (χ4v) is 1.17. The van der Waals surface area contributed by atoms with E-state index in [0.29, 0.717) is 6.04 Å². The summed E-state index contributed by atoms with van der Waals surface area (Å²) in [4.78, 5) is 0. The molecular formula is C10H17F3N2O3S. The van der Waals surface area contributed by atoms with Gasteiger partial charge in [-0.2, -0.15) is 26.7 Å². The molecule has 0 spiro atoms. The van der Waals surface area contributed by atoms with Crippen molar-refractivity contribution in [3.8, 4) is 0 Å². The minimum absolute atomic E-state index is 0.560. The third-order valence-electron chi connectivity index (χ3n) is 2.24. The lowest BCUT2D eigenvalue weighted by Gasteiger charge is -2.10. The highest BCUT2D eigenvalue weighted by Gasteiger charge is 2.44. The van der Waals surface area contributed by atoms with E-state index in [1.54, 1.807) is 0 Å². The number of alkyl halides is 3. The second-order valence-electron chi connectivity index (χ2n) is 3.90. The van der Waals surface area contributed by atoms with Crippen LogP contribution in [0.5, 0.6) is 0 Å². The molecule has 0 bridgehead atoms. The first-order valence-electron chi connectivity index (χ1n) is 5.62. The van der Waals surface area contributed by atoms with Gasteiger partial charge in [0.1, 0.15) is 0 Å². The molecule has 19 heavy (non-hydrogen) atoms. The van der Waals surface area contributed by atoms with Crippen molar-refractivity contribution in [1.29, 1.82) is 0 Å². The van der Waals surface area contributed by atoms with Gasteiger partial charge in [0.05, 0.1) is 0 Å². The molecule has 1 unspecified atom stereocenters. The fraction of sp³-hybridized carbons (Fsp3) is 0.700. The molecule has 0 aromatic carbocycles. The zero-order valence-electron chi connectivity index (χ0n) is 10.6. The van der Waals surface area contributed by atoms with Crippen LogP contribution >= 0.6 is 0 Å². The summed E-state index contributed by atoms with van der Waals surface area (Å²) in [5.41, 5.74) is -5.53. The monoisotopic (exact) mass is 302 g/mol. The molecule has 9 heteroatoms. The second-order valence-corrected chi connectivity index (χ2v) is 5.31. The molecule has 0 fully saturated rings. The summed E-state index contributed by atoms with van der Waals surface area (Å²) in [7, 11) is -5.84. The van der Waals surface area contributed by atoms with Crippen molar-refractivity contribution in [1.82, 2.24) is 9.78 Å². The summed E-state index contributed by atoms with van der Waals surface area (Å²) in [6.07, 6.45) is 7.66. The number of hydrogen-bond donors (Lipinski definition) is 1. The molecule has 0 aliphatic heterocycles. The van der Waals surface area contributed by atoms with Gasteiger partial charge in [-0.3, -0.25) is 9.23 Å². The first-order chi connectivity index (χ1) is 8.59. The maximum Gasteiger partial charge on any atom is 0.522 e. The lowest BCUT2D eigenvalue weighted by molar-refractivity contribution is -0.0510. The lowest BCUT2D eigenvalue weighted by atomic mass is 10.1. The number of aromatic nitrogens is 2. The van der Waals surface area contributed by atoms with Crippen LogP contribution in [0.25, 0.3) is 0 Å². The third-order valence-corrected chi connectivity index (χ3v) is 2.83. The van der Waals surface area contributed by atoms with Gasteiger partial charge >= 0.3 is 15.6 Å². The van der Waals surface area contributed by atoms with E-state index >= 15 is 0 Å². The molecule has 5 nitrogen and oxygen atoms in total. The van der Waals surface area contributed by atoms with Gasteiger partial charge in [-0.15, -0.1) is 0 Å². The summed E-state index contributed by atoms with van der Waals surface area (Å²) in [6.45, 7) is 4.43. The van der Waals surface area contributed by atoms with Gasteiger partial charge in [-0.25, -0.2) is 0 Å². The number of unbranched alkanes of at least 4 members (excludes halogenated alkanes) is 1. The smallest absolute Gasteiger partial charge is 0.279 e. The first kappa shape index (κ1) is 17.9. The van der Waals surface area contributed by atoms with E-state index in [1.165, 1.54) is 19.3 Å². The standard InChI is InChI=1S/C9H16N2.CHF3O3S/c1-3-4-6-9(2)11-8-5-7-10-11;2-1(3,4)8(5,6)7/h5,7-9H,3-4,6H2,1-2H3;(H,5,6,7). The van der Waals surface area contributed by atoms with Gasteiger partial charge in [-0.1, -0.05) is 19.8 Å². The highest BCUT2D eigenvalue weighted by Crippen LogP contribution is 2.20. The largest absolute Gasteiger partial charge is 0.522 e. The summed E-state index contributed by atoms with van der Waals surface area (Å²) in [6, 6.07) is 2.53. The normalized spacial score (nSPS) is 13.6. The zero-order chi connectivity index (χ0) is 15.1. The van der Waals surface area contributed by atoms with E-state index in [9.17, 15) is 13.2 Å². The lowest BCUT2D eigenvalue weighted by Crippen LogP contribution is -2.21. The SMILES string of the molecule is CCCCC(C)n1cccn1.O=S(=O)(O)C(F)(F)F. The molecule has 0 saturated heterocycles. The fourth-order valence-electron chi connectivity index (χ4n) is 1.17. The molecule has 112 valence electrons. The molecule has 0 radical (unpaired) electrons. The van der Waals surface area contributed by atoms with Gasteiger partial charge in [0.25, 0.3) is 0 Å². The summed E-state index contributed by atoms with van der Waals surface area (Å²) >= 11 is 0. The van der Waals surface area contributed by atoms with Gasteiger partial charge in [0, 0.05) is 18.4 Å². The quantitative estimate of drug-likeness (QED) is 0.685. The Bertz CT molecular complexity index is 443. The van der Waals surface area contributed by atoms with Crippen LogP contribution in [0.4, 0.5) is 13.2 Å². The summed E-state index contributed by atoms with van der Waals surface area (Å²) < 4.78 is 59.6. The molecular weight excluding hydrogens is 285 g/mol. The van der Waals surface area contributed by atoms with Gasteiger partial charge < -0.3 is 0 Å². The van der Waals surface area contributed by atoms with Gasteiger partial charge in [-0.05, 0) is 19.4 Å². The molecule has 0 aliphatic rings. The van der Waals surface area contributed by atoms with E-state index in [0.717, 1.165) is 0 Å². The van der Waals surface area contributed by atoms with Gasteiger partial charge in [0.15, 0.2) is 0 Å². The molecule has 1 heterocycles. The number of rotatable bonds is 4.